The molecule has 2 fully saturated rings. The number of ether oxygens (including phenoxy) is 1. The first-order valence-electron chi connectivity index (χ1n) is 10.3. The van der Waals surface area contributed by atoms with Crippen molar-refractivity contribution in [3.05, 3.63) is 53.7 Å². The zero-order valence-corrected chi connectivity index (χ0v) is 17.2. The third-order valence-electron chi connectivity index (χ3n) is 6.09. The van der Waals surface area contributed by atoms with Crippen molar-refractivity contribution >= 4 is 0 Å². The largest absolute Gasteiger partial charge is 0.490 e. The third kappa shape index (κ3) is 4.95. The second kappa shape index (κ2) is 8.46. The van der Waals surface area contributed by atoms with E-state index in [1.54, 1.807) is 5.06 Å². The summed E-state index contributed by atoms with van der Waals surface area (Å²) in [6.07, 6.45) is -5.37. The summed E-state index contributed by atoms with van der Waals surface area (Å²) in [5.41, 5.74) is -1.58. The Morgan fingerprint density at radius 1 is 0.875 bits per heavy atom. The van der Waals surface area contributed by atoms with E-state index in [9.17, 15) is 26.3 Å². The van der Waals surface area contributed by atoms with Gasteiger partial charge in [-0.1, -0.05) is 6.92 Å². The summed E-state index contributed by atoms with van der Waals surface area (Å²) in [7, 11) is 0. The van der Waals surface area contributed by atoms with Gasteiger partial charge in [0, 0.05) is 31.1 Å². The fourth-order valence-corrected chi connectivity index (χ4v) is 4.39. The van der Waals surface area contributed by atoms with Crippen LogP contribution >= 0.6 is 0 Å². The second-order valence-electron chi connectivity index (χ2n) is 8.34. The molecule has 0 amide bonds. The monoisotopic (exact) mass is 460 g/mol. The lowest BCUT2D eigenvalue weighted by molar-refractivity contribution is -0.199. The highest BCUT2D eigenvalue weighted by Crippen LogP contribution is 2.40. The van der Waals surface area contributed by atoms with Crippen LogP contribution in [-0.4, -0.2) is 28.2 Å². The molecule has 1 aromatic carbocycles. The van der Waals surface area contributed by atoms with Gasteiger partial charge in [-0.05, 0) is 49.1 Å². The number of halogens is 6. The predicted octanol–water partition coefficient (Wildman–Crippen LogP) is 6.12. The molecule has 0 N–H and O–H groups in total. The molecule has 0 radical (unpaired) electrons. The molecule has 3 heterocycles. The van der Waals surface area contributed by atoms with Gasteiger partial charge in [0.2, 0.25) is 5.88 Å². The molecule has 1 aromatic heterocycles. The maximum Gasteiger partial charge on any atom is 0.417 e. The Bertz CT molecular complexity index is 914. The maximum atomic E-state index is 12.8. The number of fused-ring (bicyclic) bond motifs is 2. The number of alkyl halides is 6. The number of nitrogens with zero attached hydrogens (tertiary/aromatic N) is 2. The Kier molecular flexibility index (Phi) is 6.00. The number of pyridine rings is 1. The molecule has 2 aliphatic heterocycles. The Morgan fingerprint density at radius 3 is 2.12 bits per heavy atom. The minimum atomic E-state index is -4.47. The van der Waals surface area contributed by atoms with Crippen LogP contribution in [0.1, 0.15) is 43.7 Å². The van der Waals surface area contributed by atoms with Crippen molar-refractivity contribution in [1.82, 2.24) is 10.0 Å². The lowest BCUT2D eigenvalue weighted by atomic mass is 9.78. The molecule has 32 heavy (non-hydrogen) atoms. The van der Waals surface area contributed by atoms with Crippen molar-refractivity contribution in [3.63, 3.8) is 0 Å². The fraction of sp³-hybridized carbons (Fsp3) is 0.500. The molecule has 2 bridgehead atoms. The number of piperidine rings is 2. The van der Waals surface area contributed by atoms with E-state index < -0.39 is 23.5 Å². The van der Waals surface area contributed by atoms with E-state index >= 15 is 0 Å². The topological polar surface area (TPSA) is 34.6 Å². The van der Waals surface area contributed by atoms with E-state index in [4.69, 9.17) is 9.57 Å². The van der Waals surface area contributed by atoms with Gasteiger partial charge < -0.3 is 9.57 Å². The Morgan fingerprint density at radius 2 is 1.53 bits per heavy atom. The summed E-state index contributed by atoms with van der Waals surface area (Å²) >= 11 is 0. The fourth-order valence-electron chi connectivity index (χ4n) is 4.39. The van der Waals surface area contributed by atoms with Crippen LogP contribution < -0.4 is 9.57 Å². The van der Waals surface area contributed by atoms with E-state index in [1.807, 2.05) is 0 Å². The van der Waals surface area contributed by atoms with Crippen LogP contribution in [-0.2, 0) is 12.4 Å². The van der Waals surface area contributed by atoms with Gasteiger partial charge >= 0.3 is 12.4 Å². The van der Waals surface area contributed by atoms with E-state index in [0.717, 1.165) is 37.2 Å². The van der Waals surface area contributed by atoms with Crippen molar-refractivity contribution in [2.24, 2.45) is 5.92 Å². The quantitative estimate of drug-likeness (QED) is 0.515. The Hall–Kier alpha value is -2.49. The van der Waals surface area contributed by atoms with Crippen LogP contribution in [0, 0.1) is 5.92 Å². The summed E-state index contributed by atoms with van der Waals surface area (Å²) in [6, 6.07) is 6.67. The van der Waals surface area contributed by atoms with Gasteiger partial charge in [0.25, 0.3) is 0 Å². The summed E-state index contributed by atoms with van der Waals surface area (Å²) < 4.78 is 82.5. The Labute approximate surface area is 181 Å². The highest BCUT2D eigenvalue weighted by atomic mass is 19.4. The van der Waals surface area contributed by atoms with Crippen LogP contribution in [0.2, 0.25) is 0 Å². The van der Waals surface area contributed by atoms with Crippen molar-refractivity contribution in [2.45, 2.75) is 63.1 Å². The standard InChI is InChI=1S/C22H22F6N2O2/c1-13-2-6-16-10-18(31-17-7-3-14(4-8-17)21(23,24)25)11-19(13)30(16)32-20-9-5-15(12-29-20)22(26,27)28/h3-5,7-9,12-13,16,18-19H,2,6,10-11H2,1H3/t13-,16+,18-,19+/m1/s1. The molecule has 0 saturated carbocycles. The maximum absolute atomic E-state index is 12.8. The lowest BCUT2D eigenvalue weighted by Gasteiger charge is -2.49. The molecule has 0 aliphatic carbocycles. The molecule has 2 saturated heterocycles. The van der Waals surface area contributed by atoms with Crippen molar-refractivity contribution in [1.29, 1.82) is 0 Å². The van der Waals surface area contributed by atoms with Gasteiger partial charge in [-0.2, -0.15) is 26.3 Å². The third-order valence-corrected chi connectivity index (χ3v) is 6.09. The number of benzene rings is 1. The molecule has 2 aliphatic rings. The molecule has 0 spiro atoms. The van der Waals surface area contributed by atoms with Crippen molar-refractivity contribution in [3.8, 4) is 11.6 Å². The molecule has 4 rings (SSSR count). The first kappa shape index (κ1) is 22.7. The van der Waals surface area contributed by atoms with Gasteiger partial charge in [-0.25, -0.2) is 4.98 Å². The SMILES string of the molecule is C[C@@H]1CC[C@H]2C[C@@H](Oc3ccc(C(F)(F)F)cc3)C[C@@H]1N2Oc1ccc(C(F)(F)F)cn1. The lowest BCUT2D eigenvalue weighted by Crippen LogP contribution is -2.58. The van der Waals surface area contributed by atoms with E-state index in [2.05, 4.69) is 11.9 Å². The summed E-state index contributed by atoms with van der Waals surface area (Å²) in [5, 5.41) is 1.80. The van der Waals surface area contributed by atoms with Crippen molar-refractivity contribution < 1.29 is 35.9 Å². The number of rotatable bonds is 4. The first-order valence-corrected chi connectivity index (χ1v) is 10.3. The molecular weight excluding hydrogens is 438 g/mol. The van der Waals surface area contributed by atoms with Crippen LogP contribution in [0.5, 0.6) is 11.6 Å². The average Bonchev–Trinajstić information content (AvgIpc) is 2.71. The highest BCUT2D eigenvalue weighted by Gasteiger charge is 2.44. The number of aromatic nitrogens is 1. The van der Waals surface area contributed by atoms with E-state index in [1.165, 1.54) is 18.2 Å². The second-order valence-corrected chi connectivity index (χ2v) is 8.34. The summed E-state index contributed by atoms with van der Waals surface area (Å²) in [4.78, 5) is 9.69. The van der Waals surface area contributed by atoms with Gasteiger partial charge in [0.1, 0.15) is 11.9 Å². The van der Waals surface area contributed by atoms with Crippen LogP contribution in [0.25, 0.3) is 0 Å². The molecule has 4 nitrogen and oxygen atoms in total. The summed E-state index contributed by atoms with van der Waals surface area (Å²) in [6.45, 7) is 2.07. The zero-order valence-electron chi connectivity index (χ0n) is 17.2. The summed E-state index contributed by atoms with van der Waals surface area (Å²) in [5.74, 6) is 0.705. The normalized spacial score (nSPS) is 26.6. The van der Waals surface area contributed by atoms with Crippen LogP contribution in [0.15, 0.2) is 42.6 Å². The Balaban J connectivity index is 1.43. The zero-order chi connectivity index (χ0) is 23.1. The molecule has 0 unspecified atom stereocenters. The molecule has 2 aromatic rings. The van der Waals surface area contributed by atoms with E-state index in [-0.39, 0.29) is 30.0 Å². The number of hydroxylamine groups is 2. The van der Waals surface area contributed by atoms with Gasteiger partial charge in [-0.3, -0.25) is 0 Å². The molecule has 4 atom stereocenters. The molecule has 10 heteroatoms. The van der Waals surface area contributed by atoms with Crippen molar-refractivity contribution in [2.75, 3.05) is 0 Å². The van der Waals surface area contributed by atoms with Gasteiger partial charge in [-0.15, -0.1) is 5.06 Å². The van der Waals surface area contributed by atoms with Gasteiger partial charge in [0.05, 0.1) is 17.2 Å². The highest BCUT2D eigenvalue weighted by molar-refractivity contribution is 5.29. The smallest absolute Gasteiger partial charge is 0.417 e. The van der Waals surface area contributed by atoms with Gasteiger partial charge in [0.15, 0.2) is 0 Å². The minimum absolute atomic E-state index is 0.0338. The molecular formula is C22H22F6N2O2. The predicted molar refractivity (Wildman–Crippen MR) is 103 cm³/mol. The minimum Gasteiger partial charge on any atom is -0.490 e. The van der Waals surface area contributed by atoms with E-state index in [0.29, 0.717) is 18.6 Å². The average molecular weight is 460 g/mol. The van der Waals surface area contributed by atoms with Crippen LogP contribution in [0.3, 0.4) is 0 Å². The molecule has 174 valence electrons. The first-order chi connectivity index (χ1) is 15.0. The van der Waals surface area contributed by atoms with Crippen LogP contribution in [0.4, 0.5) is 26.3 Å². The number of hydrogen-bond donors (Lipinski definition) is 0. The number of hydrogen-bond acceptors (Lipinski definition) is 4.